The Morgan fingerprint density at radius 3 is 2.78 bits per heavy atom. The maximum Gasteiger partial charge on any atom is 0.315 e. The molecule has 0 radical (unpaired) electrons. The minimum absolute atomic E-state index is 0.182. The van der Waals surface area contributed by atoms with Crippen molar-refractivity contribution in [3.63, 3.8) is 0 Å². The van der Waals surface area contributed by atoms with Crippen LogP contribution in [-0.4, -0.2) is 50.3 Å². The third-order valence-electron chi connectivity index (χ3n) is 3.97. The van der Waals surface area contributed by atoms with Gasteiger partial charge in [-0.15, -0.1) is 0 Å². The summed E-state index contributed by atoms with van der Waals surface area (Å²) in [4.78, 5) is 14.1. The van der Waals surface area contributed by atoms with E-state index in [9.17, 15) is 9.18 Å². The zero-order chi connectivity index (χ0) is 16.5. The zero-order valence-corrected chi connectivity index (χ0v) is 13.7. The van der Waals surface area contributed by atoms with E-state index in [1.807, 2.05) is 0 Å². The number of nitrogens with one attached hydrogen (secondary N) is 2. The molecule has 0 aromatic heterocycles. The number of morpholine rings is 1. The van der Waals surface area contributed by atoms with Crippen molar-refractivity contribution in [2.45, 2.75) is 26.3 Å². The number of urea groups is 1. The van der Waals surface area contributed by atoms with Gasteiger partial charge in [0.25, 0.3) is 0 Å². The fourth-order valence-electron chi connectivity index (χ4n) is 2.55. The molecule has 1 aliphatic rings. The summed E-state index contributed by atoms with van der Waals surface area (Å²) in [5, 5.41) is 5.64. The van der Waals surface area contributed by atoms with Crippen molar-refractivity contribution in [3.8, 4) is 0 Å². The van der Waals surface area contributed by atoms with Crippen LogP contribution in [0.5, 0.6) is 0 Å². The minimum atomic E-state index is -0.224. The Kier molecular flexibility index (Phi) is 7.29. The number of ether oxygens (including phenoxy) is 1. The van der Waals surface area contributed by atoms with Crippen molar-refractivity contribution >= 4 is 6.03 Å². The van der Waals surface area contributed by atoms with E-state index in [1.165, 1.54) is 6.07 Å². The molecule has 1 fully saturated rings. The highest BCUT2D eigenvalue weighted by Crippen LogP contribution is 2.08. The van der Waals surface area contributed by atoms with Crippen LogP contribution in [0.25, 0.3) is 0 Å². The Bertz CT molecular complexity index is 505. The fourth-order valence-corrected chi connectivity index (χ4v) is 2.55. The summed E-state index contributed by atoms with van der Waals surface area (Å²) in [6, 6.07) is 4.68. The van der Waals surface area contributed by atoms with Crippen molar-refractivity contribution in [3.05, 3.63) is 35.1 Å². The van der Waals surface area contributed by atoms with Crippen LogP contribution in [0.1, 0.15) is 24.0 Å². The highest BCUT2D eigenvalue weighted by atomic mass is 19.1. The molecule has 0 spiro atoms. The second kappa shape index (κ2) is 9.47. The standard InChI is InChI=1S/C17H26FN3O2/c1-14-12-15(4-5-16(14)18)13-20-17(22)19-6-2-3-7-21-8-10-23-11-9-21/h4-5,12H,2-3,6-11,13H2,1H3,(H2,19,20,22). The van der Waals surface area contributed by atoms with Gasteiger partial charge in [-0.1, -0.05) is 12.1 Å². The number of aryl methyl sites for hydroxylation is 1. The molecule has 1 aromatic rings. The number of halogens is 1. The molecule has 2 amide bonds. The zero-order valence-electron chi connectivity index (χ0n) is 13.7. The van der Waals surface area contributed by atoms with Crippen LogP contribution < -0.4 is 10.6 Å². The van der Waals surface area contributed by atoms with E-state index >= 15 is 0 Å². The van der Waals surface area contributed by atoms with Gasteiger partial charge in [-0.05, 0) is 43.5 Å². The molecular weight excluding hydrogens is 297 g/mol. The van der Waals surface area contributed by atoms with Crippen LogP contribution in [0.2, 0.25) is 0 Å². The maximum absolute atomic E-state index is 13.2. The van der Waals surface area contributed by atoms with Crippen molar-refractivity contribution in [2.24, 2.45) is 0 Å². The summed E-state index contributed by atoms with van der Waals surface area (Å²) >= 11 is 0. The second-order valence-electron chi connectivity index (χ2n) is 5.85. The maximum atomic E-state index is 13.2. The van der Waals surface area contributed by atoms with Gasteiger partial charge in [-0.2, -0.15) is 0 Å². The first-order valence-electron chi connectivity index (χ1n) is 8.22. The molecule has 0 aliphatic carbocycles. The Labute approximate surface area is 137 Å². The number of rotatable bonds is 7. The summed E-state index contributed by atoms with van der Waals surface area (Å²) in [5.74, 6) is -0.224. The van der Waals surface area contributed by atoms with Gasteiger partial charge in [0.05, 0.1) is 13.2 Å². The Balaban J connectivity index is 1.53. The number of nitrogens with zero attached hydrogens (tertiary/aromatic N) is 1. The molecule has 128 valence electrons. The van der Waals surface area contributed by atoms with E-state index in [-0.39, 0.29) is 11.8 Å². The lowest BCUT2D eigenvalue weighted by Gasteiger charge is -2.26. The summed E-state index contributed by atoms with van der Waals surface area (Å²) in [7, 11) is 0. The van der Waals surface area contributed by atoms with Crippen LogP contribution in [-0.2, 0) is 11.3 Å². The molecule has 1 heterocycles. The van der Waals surface area contributed by atoms with E-state index in [2.05, 4.69) is 15.5 Å². The van der Waals surface area contributed by atoms with Crippen LogP contribution >= 0.6 is 0 Å². The highest BCUT2D eigenvalue weighted by molar-refractivity contribution is 5.73. The quantitative estimate of drug-likeness (QED) is 0.755. The first-order valence-corrected chi connectivity index (χ1v) is 8.22. The van der Waals surface area contributed by atoms with Gasteiger partial charge in [0.1, 0.15) is 5.82 Å². The Morgan fingerprint density at radius 2 is 2.04 bits per heavy atom. The third-order valence-corrected chi connectivity index (χ3v) is 3.97. The predicted octanol–water partition coefficient (Wildman–Crippen LogP) is 2.05. The molecule has 1 saturated heterocycles. The normalized spacial score (nSPS) is 15.4. The summed E-state index contributed by atoms with van der Waals surface area (Å²) < 4.78 is 18.5. The summed E-state index contributed by atoms with van der Waals surface area (Å²) in [5.41, 5.74) is 1.49. The molecular formula is C17H26FN3O2. The lowest BCUT2D eigenvalue weighted by atomic mass is 10.1. The number of amides is 2. The van der Waals surface area contributed by atoms with E-state index in [0.717, 1.165) is 51.3 Å². The first kappa shape index (κ1) is 17.7. The van der Waals surface area contributed by atoms with E-state index < -0.39 is 0 Å². The van der Waals surface area contributed by atoms with Crippen molar-refractivity contribution in [1.29, 1.82) is 0 Å². The van der Waals surface area contributed by atoms with Crippen LogP contribution in [0, 0.1) is 12.7 Å². The molecule has 2 rings (SSSR count). The SMILES string of the molecule is Cc1cc(CNC(=O)NCCCCN2CCOCC2)ccc1F. The average Bonchev–Trinajstić information content (AvgIpc) is 2.56. The van der Waals surface area contributed by atoms with Gasteiger partial charge in [-0.3, -0.25) is 4.90 Å². The topological polar surface area (TPSA) is 53.6 Å². The smallest absolute Gasteiger partial charge is 0.315 e. The predicted molar refractivity (Wildman–Crippen MR) is 87.9 cm³/mol. The molecule has 1 aliphatic heterocycles. The molecule has 6 heteroatoms. The molecule has 0 atom stereocenters. The van der Waals surface area contributed by atoms with Crippen LogP contribution in [0.15, 0.2) is 18.2 Å². The summed E-state index contributed by atoms with van der Waals surface area (Å²) in [6.45, 7) is 7.50. The number of hydrogen-bond donors (Lipinski definition) is 2. The van der Waals surface area contributed by atoms with Gasteiger partial charge < -0.3 is 15.4 Å². The van der Waals surface area contributed by atoms with Crippen LogP contribution in [0.3, 0.4) is 0 Å². The number of benzene rings is 1. The molecule has 23 heavy (non-hydrogen) atoms. The lowest BCUT2D eigenvalue weighted by molar-refractivity contribution is 0.0372. The van der Waals surface area contributed by atoms with Gasteiger partial charge in [0.15, 0.2) is 0 Å². The molecule has 5 nitrogen and oxygen atoms in total. The monoisotopic (exact) mass is 323 g/mol. The molecule has 0 saturated carbocycles. The van der Waals surface area contributed by atoms with Gasteiger partial charge in [-0.25, -0.2) is 9.18 Å². The molecule has 0 unspecified atom stereocenters. The van der Waals surface area contributed by atoms with Crippen molar-refractivity contribution in [1.82, 2.24) is 15.5 Å². The Morgan fingerprint density at radius 1 is 1.26 bits per heavy atom. The molecule has 2 N–H and O–H groups in total. The van der Waals surface area contributed by atoms with Crippen LogP contribution in [0.4, 0.5) is 9.18 Å². The van der Waals surface area contributed by atoms with E-state index in [0.29, 0.717) is 18.7 Å². The lowest BCUT2D eigenvalue weighted by Crippen LogP contribution is -2.38. The highest BCUT2D eigenvalue weighted by Gasteiger charge is 2.09. The van der Waals surface area contributed by atoms with E-state index in [4.69, 9.17) is 4.74 Å². The second-order valence-corrected chi connectivity index (χ2v) is 5.85. The van der Waals surface area contributed by atoms with Gasteiger partial charge >= 0.3 is 6.03 Å². The largest absolute Gasteiger partial charge is 0.379 e. The number of hydrogen-bond acceptors (Lipinski definition) is 3. The number of carbonyl (C=O) groups excluding carboxylic acids is 1. The molecule has 0 bridgehead atoms. The summed E-state index contributed by atoms with van der Waals surface area (Å²) in [6.07, 6.45) is 2.03. The number of unbranched alkanes of at least 4 members (excludes halogenated alkanes) is 1. The first-order chi connectivity index (χ1) is 11.1. The van der Waals surface area contributed by atoms with E-state index in [1.54, 1.807) is 19.1 Å². The van der Waals surface area contributed by atoms with Gasteiger partial charge in [0.2, 0.25) is 0 Å². The minimum Gasteiger partial charge on any atom is -0.379 e. The number of carbonyl (C=O) groups is 1. The third kappa shape index (κ3) is 6.54. The van der Waals surface area contributed by atoms with Crippen molar-refractivity contribution in [2.75, 3.05) is 39.4 Å². The molecule has 1 aromatic carbocycles. The fraction of sp³-hybridized carbons (Fsp3) is 0.588. The Hall–Kier alpha value is -1.66. The average molecular weight is 323 g/mol. The van der Waals surface area contributed by atoms with Crippen molar-refractivity contribution < 1.29 is 13.9 Å². The van der Waals surface area contributed by atoms with Gasteiger partial charge in [0, 0.05) is 26.2 Å².